The van der Waals surface area contributed by atoms with Crippen LogP contribution in [0.4, 0.5) is 4.39 Å². The molecular weight excluding hydrogens is 405 g/mol. The van der Waals surface area contributed by atoms with Gasteiger partial charge in [-0.05, 0) is 62.4 Å². The first kappa shape index (κ1) is 20.7. The highest BCUT2D eigenvalue weighted by molar-refractivity contribution is 7.89. The van der Waals surface area contributed by atoms with Gasteiger partial charge in [0.1, 0.15) is 16.4 Å². The quantitative estimate of drug-likeness (QED) is 0.613. The van der Waals surface area contributed by atoms with E-state index < -0.39 is 10.0 Å². The van der Waals surface area contributed by atoms with Gasteiger partial charge in [-0.1, -0.05) is 23.4 Å². The monoisotopic (exact) mass is 429 g/mol. The Balaban J connectivity index is 1.49. The predicted octanol–water partition coefficient (Wildman–Crippen LogP) is 3.98. The molecule has 0 amide bonds. The van der Waals surface area contributed by atoms with Gasteiger partial charge in [-0.2, -0.15) is 4.31 Å². The highest BCUT2D eigenvalue weighted by Gasteiger charge is 2.35. The largest absolute Gasteiger partial charge is 0.360 e. The van der Waals surface area contributed by atoms with E-state index in [1.54, 1.807) is 26.0 Å². The van der Waals surface area contributed by atoms with Crippen LogP contribution < -0.4 is 0 Å². The lowest BCUT2D eigenvalue weighted by Crippen LogP contribution is -2.39. The first-order chi connectivity index (χ1) is 14.3. The second kappa shape index (κ2) is 8.28. The van der Waals surface area contributed by atoms with Crippen LogP contribution in [0.25, 0.3) is 0 Å². The van der Waals surface area contributed by atoms with Gasteiger partial charge < -0.3 is 4.52 Å². The van der Waals surface area contributed by atoms with Crippen LogP contribution >= 0.6 is 0 Å². The molecule has 8 heteroatoms. The van der Waals surface area contributed by atoms with E-state index in [0.29, 0.717) is 31.0 Å². The molecule has 6 nitrogen and oxygen atoms in total. The van der Waals surface area contributed by atoms with Gasteiger partial charge >= 0.3 is 0 Å². The van der Waals surface area contributed by atoms with Gasteiger partial charge in [-0.3, -0.25) is 4.98 Å². The molecule has 1 saturated heterocycles. The summed E-state index contributed by atoms with van der Waals surface area (Å²) in [6.07, 6.45) is 4.15. The number of benzene rings is 1. The third-order valence-electron chi connectivity index (χ3n) is 5.54. The maximum Gasteiger partial charge on any atom is 0.248 e. The molecule has 1 aromatic carbocycles. The third kappa shape index (κ3) is 4.15. The summed E-state index contributed by atoms with van der Waals surface area (Å²) in [6.45, 7) is 4.13. The number of piperidine rings is 1. The molecular formula is C22H24FN3O3S. The van der Waals surface area contributed by atoms with Gasteiger partial charge in [0.15, 0.2) is 5.76 Å². The lowest BCUT2D eigenvalue weighted by Gasteiger charge is -2.31. The fourth-order valence-electron chi connectivity index (χ4n) is 3.99. The normalized spacial score (nSPS) is 17.9. The Kier molecular flexibility index (Phi) is 5.71. The minimum Gasteiger partial charge on any atom is -0.360 e. The highest BCUT2D eigenvalue weighted by Crippen LogP contribution is 2.31. The van der Waals surface area contributed by atoms with Crippen LogP contribution in [0, 0.1) is 19.7 Å². The molecule has 3 heterocycles. The van der Waals surface area contributed by atoms with Crippen molar-refractivity contribution in [2.45, 2.75) is 43.9 Å². The molecule has 0 spiro atoms. The Morgan fingerprint density at radius 3 is 2.50 bits per heavy atom. The van der Waals surface area contributed by atoms with Crippen molar-refractivity contribution in [2.24, 2.45) is 0 Å². The maximum atomic E-state index is 13.1. The van der Waals surface area contributed by atoms with E-state index in [1.165, 1.54) is 16.4 Å². The number of pyridine rings is 1. The van der Waals surface area contributed by atoms with Gasteiger partial charge in [-0.25, -0.2) is 12.8 Å². The summed E-state index contributed by atoms with van der Waals surface area (Å²) in [4.78, 5) is 4.78. The molecule has 0 bridgehead atoms. The lowest BCUT2D eigenvalue weighted by molar-refractivity contribution is 0.312. The standard InChI is InChI=1S/C22H24FN3O3S/c1-15-22(16(2)29-25-15)30(27,28)26-11-3-4-19(14-26)21-10-7-18(13-24-21)12-17-5-8-20(23)9-6-17/h5-10,13,19H,3-4,11-12,14H2,1-2H3/t19-/m0/s1. The number of sulfonamides is 1. The zero-order valence-electron chi connectivity index (χ0n) is 17.0. The Hall–Kier alpha value is -2.58. The summed E-state index contributed by atoms with van der Waals surface area (Å²) in [5, 5.41) is 3.79. The number of hydrogen-bond acceptors (Lipinski definition) is 5. The van der Waals surface area contributed by atoms with Crippen LogP contribution in [-0.4, -0.2) is 36.0 Å². The summed E-state index contributed by atoms with van der Waals surface area (Å²) in [6, 6.07) is 10.4. The average molecular weight is 430 g/mol. The van der Waals surface area contributed by atoms with E-state index in [9.17, 15) is 12.8 Å². The van der Waals surface area contributed by atoms with Crippen molar-refractivity contribution in [1.82, 2.24) is 14.4 Å². The second-order valence-electron chi connectivity index (χ2n) is 7.75. The molecule has 0 unspecified atom stereocenters. The number of aryl methyl sites for hydroxylation is 2. The summed E-state index contributed by atoms with van der Waals surface area (Å²) in [5.41, 5.74) is 3.32. The third-order valence-corrected chi connectivity index (χ3v) is 7.65. The van der Waals surface area contributed by atoms with Crippen LogP contribution in [0.3, 0.4) is 0 Å². The molecule has 30 heavy (non-hydrogen) atoms. The zero-order chi connectivity index (χ0) is 21.3. The summed E-state index contributed by atoms with van der Waals surface area (Å²) in [5.74, 6) is 0.104. The van der Waals surface area contributed by atoms with Crippen LogP contribution in [0.15, 0.2) is 52.0 Å². The minimum absolute atomic E-state index is 0.0360. The van der Waals surface area contributed by atoms with Crippen molar-refractivity contribution >= 4 is 10.0 Å². The smallest absolute Gasteiger partial charge is 0.248 e. The molecule has 1 atom stereocenters. The Morgan fingerprint density at radius 1 is 1.13 bits per heavy atom. The van der Waals surface area contributed by atoms with Crippen molar-refractivity contribution in [1.29, 1.82) is 0 Å². The van der Waals surface area contributed by atoms with E-state index in [4.69, 9.17) is 4.52 Å². The lowest BCUT2D eigenvalue weighted by atomic mass is 9.95. The van der Waals surface area contributed by atoms with Crippen LogP contribution in [0.2, 0.25) is 0 Å². The predicted molar refractivity (Wildman–Crippen MR) is 110 cm³/mol. The molecule has 2 aromatic heterocycles. The molecule has 1 aliphatic rings. The van der Waals surface area contributed by atoms with Gasteiger partial charge in [-0.15, -0.1) is 0 Å². The van der Waals surface area contributed by atoms with E-state index in [-0.39, 0.29) is 16.6 Å². The summed E-state index contributed by atoms with van der Waals surface area (Å²) >= 11 is 0. The molecule has 4 rings (SSSR count). The Bertz CT molecular complexity index is 1110. The molecule has 158 valence electrons. The van der Waals surface area contributed by atoms with Crippen LogP contribution in [-0.2, 0) is 16.4 Å². The number of aromatic nitrogens is 2. The van der Waals surface area contributed by atoms with Gasteiger partial charge in [0, 0.05) is 30.9 Å². The molecule has 3 aromatic rings. The Labute approximate surface area is 175 Å². The highest BCUT2D eigenvalue weighted by atomic mass is 32.2. The van der Waals surface area contributed by atoms with Crippen molar-refractivity contribution in [3.8, 4) is 0 Å². The maximum absolute atomic E-state index is 13.1. The number of halogens is 1. The topological polar surface area (TPSA) is 76.3 Å². The molecule has 0 aliphatic carbocycles. The van der Waals surface area contributed by atoms with Crippen molar-refractivity contribution in [2.75, 3.05) is 13.1 Å². The molecule has 0 saturated carbocycles. The number of nitrogens with zero attached hydrogens (tertiary/aromatic N) is 3. The second-order valence-corrected chi connectivity index (χ2v) is 9.62. The fourth-order valence-corrected chi connectivity index (χ4v) is 5.81. The molecule has 0 N–H and O–H groups in total. The summed E-state index contributed by atoms with van der Waals surface area (Å²) < 4.78 is 45.9. The van der Waals surface area contributed by atoms with E-state index in [2.05, 4.69) is 10.1 Å². The van der Waals surface area contributed by atoms with E-state index in [0.717, 1.165) is 29.7 Å². The van der Waals surface area contributed by atoms with E-state index >= 15 is 0 Å². The van der Waals surface area contributed by atoms with Gasteiger partial charge in [0.25, 0.3) is 0 Å². The van der Waals surface area contributed by atoms with Crippen LogP contribution in [0.5, 0.6) is 0 Å². The number of rotatable bonds is 5. The molecule has 1 aliphatic heterocycles. The minimum atomic E-state index is -3.65. The summed E-state index contributed by atoms with van der Waals surface area (Å²) in [7, 11) is -3.65. The zero-order valence-corrected chi connectivity index (χ0v) is 17.8. The van der Waals surface area contributed by atoms with E-state index in [1.807, 2.05) is 18.3 Å². The molecule has 0 radical (unpaired) electrons. The number of hydrogen-bond donors (Lipinski definition) is 0. The van der Waals surface area contributed by atoms with Crippen molar-refractivity contribution in [3.05, 3.63) is 76.7 Å². The first-order valence-corrected chi connectivity index (χ1v) is 11.4. The van der Waals surface area contributed by atoms with Gasteiger partial charge in [0.05, 0.1) is 0 Å². The molecule has 1 fully saturated rings. The van der Waals surface area contributed by atoms with Crippen LogP contribution in [0.1, 0.15) is 47.0 Å². The SMILES string of the molecule is Cc1noc(C)c1S(=O)(=O)N1CCC[C@H](c2ccc(Cc3ccc(F)cc3)cn2)C1. The van der Waals surface area contributed by atoms with Crippen molar-refractivity contribution in [3.63, 3.8) is 0 Å². The fraction of sp³-hybridized carbons (Fsp3) is 0.364. The first-order valence-electron chi connectivity index (χ1n) is 9.97. The van der Waals surface area contributed by atoms with Gasteiger partial charge in [0.2, 0.25) is 10.0 Å². The van der Waals surface area contributed by atoms with Crippen molar-refractivity contribution < 1.29 is 17.3 Å². The average Bonchev–Trinajstić information content (AvgIpc) is 3.09. The Morgan fingerprint density at radius 2 is 1.87 bits per heavy atom.